The Labute approximate surface area is 162 Å². The zero-order valence-electron chi connectivity index (χ0n) is 15.2. The molecule has 4 aromatic rings. The molecular formula is C22H18N4O2. The molecule has 4 rings (SSSR count). The first-order valence-corrected chi connectivity index (χ1v) is 8.75. The van der Waals surface area contributed by atoms with Gasteiger partial charge in [-0.2, -0.15) is 0 Å². The summed E-state index contributed by atoms with van der Waals surface area (Å²) in [6.07, 6.45) is 3.39. The van der Waals surface area contributed by atoms with Gasteiger partial charge < -0.3 is 15.4 Å². The van der Waals surface area contributed by atoms with E-state index in [1.165, 1.54) is 0 Å². The van der Waals surface area contributed by atoms with Crippen molar-refractivity contribution in [3.8, 4) is 5.75 Å². The number of anilines is 3. The number of hydrogen-bond donors (Lipinski definition) is 2. The Morgan fingerprint density at radius 2 is 1.79 bits per heavy atom. The van der Waals surface area contributed by atoms with Crippen molar-refractivity contribution in [1.29, 1.82) is 0 Å². The lowest BCUT2D eigenvalue weighted by molar-refractivity contribution is 0.102. The molecule has 28 heavy (non-hydrogen) atoms. The number of nitrogens with one attached hydrogen (secondary N) is 2. The lowest BCUT2D eigenvalue weighted by atomic mass is 10.2. The fourth-order valence-corrected chi connectivity index (χ4v) is 2.86. The van der Waals surface area contributed by atoms with E-state index < -0.39 is 0 Å². The molecule has 0 fully saturated rings. The van der Waals surface area contributed by atoms with Gasteiger partial charge in [0.15, 0.2) is 0 Å². The lowest BCUT2D eigenvalue weighted by Crippen LogP contribution is -2.13. The van der Waals surface area contributed by atoms with Crippen molar-refractivity contribution >= 4 is 33.9 Å². The molecule has 2 aromatic heterocycles. The zero-order chi connectivity index (χ0) is 19.3. The van der Waals surface area contributed by atoms with Gasteiger partial charge in [-0.25, -0.2) is 4.98 Å². The molecule has 138 valence electrons. The smallest absolute Gasteiger partial charge is 0.274 e. The quantitative estimate of drug-likeness (QED) is 0.535. The highest BCUT2D eigenvalue weighted by Gasteiger charge is 2.09. The molecule has 0 unspecified atom stereocenters. The monoisotopic (exact) mass is 370 g/mol. The van der Waals surface area contributed by atoms with E-state index in [9.17, 15) is 4.79 Å². The van der Waals surface area contributed by atoms with E-state index in [1.807, 2.05) is 48.5 Å². The van der Waals surface area contributed by atoms with Gasteiger partial charge in [-0.05, 0) is 36.4 Å². The number of para-hydroxylation sites is 1. The van der Waals surface area contributed by atoms with Crippen LogP contribution < -0.4 is 15.4 Å². The third-order valence-electron chi connectivity index (χ3n) is 4.24. The maximum absolute atomic E-state index is 12.4. The number of pyridine rings is 2. The highest BCUT2D eigenvalue weighted by molar-refractivity contribution is 6.03. The lowest BCUT2D eigenvalue weighted by Gasteiger charge is -2.10. The number of carbonyl (C=O) groups excluding carboxylic acids is 1. The topological polar surface area (TPSA) is 76.1 Å². The van der Waals surface area contributed by atoms with E-state index >= 15 is 0 Å². The molecule has 0 bridgehead atoms. The Bertz CT molecular complexity index is 1120. The van der Waals surface area contributed by atoms with Crippen LogP contribution in [0.25, 0.3) is 10.9 Å². The number of methoxy groups -OCH3 is 1. The van der Waals surface area contributed by atoms with Gasteiger partial charge in [0.05, 0.1) is 30.2 Å². The number of amides is 1. The van der Waals surface area contributed by atoms with Gasteiger partial charge in [-0.1, -0.05) is 24.3 Å². The summed E-state index contributed by atoms with van der Waals surface area (Å²) >= 11 is 0. The van der Waals surface area contributed by atoms with Gasteiger partial charge in [-0.15, -0.1) is 0 Å². The molecule has 2 heterocycles. The standard InChI is InChI=1S/C22H18N4O2/c1-28-18-8-3-7-16(13-18)26-22(27)20-11-10-17(14-24-20)25-19-9-2-5-15-6-4-12-23-21(15)19/h2-14,25H,1H3,(H,26,27). The Kier molecular flexibility index (Phi) is 4.84. The first-order chi connectivity index (χ1) is 13.7. The number of benzene rings is 2. The average molecular weight is 370 g/mol. The van der Waals surface area contributed by atoms with Crippen molar-refractivity contribution in [1.82, 2.24) is 9.97 Å². The Morgan fingerprint density at radius 1 is 0.929 bits per heavy atom. The fraction of sp³-hybridized carbons (Fsp3) is 0.0455. The summed E-state index contributed by atoms with van der Waals surface area (Å²) in [4.78, 5) is 21.1. The van der Waals surface area contributed by atoms with Crippen LogP contribution in [0.3, 0.4) is 0 Å². The highest BCUT2D eigenvalue weighted by atomic mass is 16.5. The van der Waals surface area contributed by atoms with Gasteiger partial charge in [0.1, 0.15) is 11.4 Å². The van der Waals surface area contributed by atoms with Crippen LogP contribution in [0.5, 0.6) is 5.75 Å². The number of hydrogen-bond acceptors (Lipinski definition) is 5. The van der Waals surface area contributed by atoms with Crippen LogP contribution in [-0.2, 0) is 0 Å². The molecule has 0 aliphatic rings. The van der Waals surface area contributed by atoms with E-state index in [1.54, 1.807) is 37.7 Å². The summed E-state index contributed by atoms with van der Waals surface area (Å²) in [5.41, 5.74) is 3.51. The molecule has 0 spiro atoms. The van der Waals surface area contributed by atoms with Crippen LogP contribution in [-0.4, -0.2) is 23.0 Å². The highest BCUT2D eigenvalue weighted by Crippen LogP contribution is 2.24. The van der Waals surface area contributed by atoms with Crippen molar-refractivity contribution in [2.45, 2.75) is 0 Å². The molecule has 0 saturated heterocycles. The summed E-state index contributed by atoms with van der Waals surface area (Å²) in [6.45, 7) is 0. The second-order valence-corrected chi connectivity index (χ2v) is 6.12. The number of ether oxygens (including phenoxy) is 1. The molecular weight excluding hydrogens is 352 g/mol. The molecule has 0 aliphatic heterocycles. The second kappa shape index (κ2) is 7.75. The van der Waals surface area contributed by atoms with Crippen molar-refractivity contribution < 1.29 is 9.53 Å². The van der Waals surface area contributed by atoms with E-state index in [-0.39, 0.29) is 5.91 Å². The maximum Gasteiger partial charge on any atom is 0.274 e. The summed E-state index contributed by atoms with van der Waals surface area (Å²) in [5.74, 6) is 0.389. The number of nitrogens with zero attached hydrogens (tertiary/aromatic N) is 2. The van der Waals surface area contributed by atoms with Crippen LogP contribution >= 0.6 is 0 Å². The molecule has 0 aliphatic carbocycles. The Hall–Kier alpha value is -3.93. The molecule has 1 amide bonds. The van der Waals surface area contributed by atoms with Gasteiger partial charge >= 0.3 is 0 Å². The van der Waals surface area contributed by atoms with E-state index in [4.69, 9.17) is 4.74 Å². The minimum absolute atomic E-state index is 0.286. The third-order valence-corrected chi connectivity index (χ3v) is 4.24. The first-order valence-electron chi connectivity index (χ1n) is 8.75. The summed E-state index contributed by atoms with van der Waals surface area (Å²) in [6, 6.07) is 20.5. The second-order valence-electron chi connectivity index (χ2n) is 6.12. The molecule has 6 heteroatoms. The maximum atomic E-state index is 12.4. The molecule has 2 aromatic carbocycles. The molecule has 2 N–H and O–H groups in total. The zero-order valence-corrected chi connectivity index (χ0v) is 15.2. The SMILES string of the molecule is COc1cccc(NC(=O)c2ccc(Nc3cccc4cccnc34)cn2)c1. The van der Waals surface area contributed by atoms with Crippen LogP contribution in [0, 0.1) is 0 Å². The van der Waals surface area contributed by atoms with Crippen molar-refractivity contribution in [2.75, 3.05) is 17.7 Å². The largest absolute Gasteiger partial charge is 0.497 e. The Morgan fingerprint density at radius 3 is 2.61 bits per heavy atom. The van der Waals surface area contributed by atoms with Gasteiger partial charge in [0, 0.05) is 23.3 Å². The predicted molar refractivity (Wildman–Crippen MR) is 110 cm³/mol. The number of rotatable bonds is 5. The van der Waals surface area contributed by atoms with E-state index in [0.29, 0.717) is 17.1 Å². The van der Waals surface area contributed by atoms with Crippen molar-refractivity contribution in [3.05, 3.63) is 84.8 Å². The molecule has 0 atom stereocenters. The third kappa shape index (κ3) is 3.76. The fourth-order valence-electron chi connectivity index (χ4n) is 2.86. The Balaban J connectivity index is 1.49. The summed E-state index contributed by atoms with van der Waals surface area (Å²) in [5, 5.41) is 7.17. The van der Waals surface area contributed by atoms with Gasteiger partial charge in [0.25, 0.3) is 5.91 Å². The summed E-state index contributed by atoms with van der Waals surface area (Å²) in [7, 11) is 1.58. The number of carbonyl (C=O) groups is 1. The minimum atomic E-state index is -0.286. The van der Waals surface area contributed by atoms with Crippen LogP contribution in [0.2, 0.25) is 0 Å². The van der Waals surface area contributed by atoms with E-state index in [2.05, 4.69) is 20.6 Å². The van der Waals surface area contributed by atoms with Crippen LogP contribution in [0.4, 0.5) is 17.1 Å². The minimum Gasteiger partial charge on any atom is -0.497 e. The predicted octanol–water partition coefficient (Wildman–Crippen LogP) is 4.63. The molecule has 0 radical (unpaired) electrons. The van der Waals surface area contributed by atoms with Crippen LogP contribution in [0.1, 0.15) is 10.5 Å². The summed E-state index contributed by atoms with van der Waals surface area (Å²) < 4.78 is 5.16. The number of aromatic nitrogens is 2. The van der Waals surface area contributed by atoms with Crippen molar-refractivity contribution in [3.63, 3.8) is 0 Å². The van der Waals surface area contributed by atoms with Gasteiger partial charge in [-0.3, -0.25) is 9.78 Å². The van der Waals surface area contributed by atoms with Crippen LogP contribution in [0.15, 0.2) is 79.1 Å². The number of fused-ring (bicyclic) bond motifs is 1. The van der Waals surface area contributed by atoms with E-state index in [0.717, 1.165) is 22.3 Å². The molecule has 0 saturated carbocycles. The van der Waals surface area contributed by atoms with Crippen molar-refractivity contribution in [2.24, 2.45) is 0 Å². The normalized spacial score (nSPS) is 10.5. The molecule has 6 nitrogen and oxygen atoms in total. The average Bonchev–Trinajstić information content (AvgIpc) is 2.74. The van der Waals surface area contributed by atoms with Gasteiger partial charge in [0.2, 0.25) is 0 Å². The first kappa shape index (κ1) is 17.5.